The second-order valence-electron chi connectivity index (χ2n) is 8.33. The van der Waals surface area contributed by atoms with Crippen molar-refractivity contribution in [2.45, 2.75) is 38.8 Å². The Hall–Kier alpha value is -3.03. The Morgan fingerprint density at radius 2 is 1.97 bits per heavy atom. The summed E-state index contributed by atoms with van der Waals surface area (Å²) in [6.45, 7) is 3.84. The van der Waals surface area contributed by atoms with E-state index in [1.54, 1.807) is 6.07 Å². The number of nitrogens with one attached hydrogen (secondary N) is 1. The van der Waals surface area contributed by atoms with Crippen molar-refractivity contribution in [1.29, 1.82) is 0 Å². The largest absolute Gasteiger partial charge is 0.454 e. The number of fused-ring (bicyclic) bond motifs is 2. The molecule has 6 rings (SSSR count). The maximum absolute atomic E-state index is 6.48. The first-order valence-corrected chi connectivity index (χ1v) is 11.3. The predicted molar refractivity (Wildman–Crippen MR) is 121 cm³/mol. The van der Waals surface area contributed by atoms with Gasteiger partial charge in [0.15, 0.2) is 11.5 Å². The Morgan fingerprint density at radius 1 is 1.12 bits per heavy atom. The lowest BCUT2D eigenvalue weighted by Crippen LogP contribution is -2.33. The van der Waals surface area contributed by atoms with Gasteiger partial charge in [-0.25, -0.2) is 9.97 Å². The maximum atomic E-state index is 6.48. The number of rotatable bonds is 4. The van der Waals surface area contributed by atoms with Crippen LogP contribution in [-0.2, 0) is 6.54 Å². The second-order valence-corrected chi connectivity index (χ2v) is 8.74. The second kappa shape index (κ2) is 7.83. The number of aromatic amines is 1. The van der Waals surface area contributed by atoms with Crippen LogP contribution in [0.1, 0.15) is 42.6 Å². The van der Waals surface area contributed by atoms with Crippen molar-refractivity contribution in [1.82, 2.24) is 19.9 Å². The molecule has 0 bridgehead atoms. The third-order valence-corrected chi connectivity index (χ3v) is 6.59. The number of nitrogens with zero attached hydrogens (tertiary/aromatic N) is 3. The zero-order valence-corrected chi connectivity index (χ0v) is 18.5. The standard InChI is InChI=1S/C24H23ClN4O3/c1-14-19(28-24(32-14)15-10-21-22(11-16(15)25)31-13-30-21)12-29-9-5-4-8-20(29)23-26-17-6-2-3-7-18(17)27-23/h2-3,6-7,10-11,20H,4-5,8-9,12-13H2,1H3,(H,26,27)/t20-/m1/s1. The number of para-hydroxylation sites is 2. The lowest BCUT2D eigenvalue weighted by molar-refractivity contribution is 0.132. The number of likely N-dealkylation sites (tertiary alicyclic amines) is 1. The Kier molecular flexibility index (Phi) is 4.81. The molecule has 0 spiro atoms. The summed E-state index contributed by atoms with van der Waals surface area (Å²) in [6, 6.07) is 12.0. The number of benzene rings is 2. The van der Waals surface area contributed by atoms with Crippen molar-refractivity contribution in [3.8, 4) is 23.0 Å². The van der Waals surface area contributed by atoms with Crippen LogP contribution in [-0.4, -0.2) is 33.2 Å². The molecule has 4 aromatic rings. The molecule has 2 aliphatic heterocycles. The van der Waals surface area contributed by atoms with Crippen molar-refractivity contribution < 1.29 is 13.9 Å². The zero-order valence-electron chi connectivity index (χ0n) is 17.7. The molecule has 1 N–H and O–H groups in total. The zero-order chi connectivity index (χ0) is 21.7. The molecule has 2 aromatic carbocycles. The van der Waals surface area contributed by atoms with Crippen LogP contribution >= 0.6 is 11.6 Å². The van der Waals surface area contributed by atoms with Crippen LogP contribution in [0.5, 0.6) is 11.5 Å². The van der Waals surface area contributed by atoms with Crippen LogP contribution in [0.3, 0.4) is 0 Å². The van der Waals surface area contributed by atoms with E-state index in [2.05, 4.69) is 16.0 Å². The Balaban J connectivity index is 1.29. The molecular weight excluding hydrogens is 428 g/mol. The van der Waals surface area contributed by atoms with E-state index in [9.17, 15) is 0 Å². The van der Waals surface area contributed by atoms with Crippen molar-refractivity contribution in [3.63, 3.8) is 0 Å². The number of H-pyrrole nitrogens is 1. The topological polar surface area (TPSA) is 76.4 Å². The van der Waals surface area contributed by atoms with Gasteiger partial charge in [-0.05, 0) is 44.5 Å². The lowest BCUT2D eigenvalue weighted by Gasteiger charge is -2.34. The molecule has 0 aliphatic carbocycles. The van der Waals surface area contributed by atoms with E-state index in [0.29, 0.717) is 34.5 Å². The smallest absolute Gasteiger partial charge is 0.231 e. The van der Waals surface area contributed by atoms with E-state index in [0.717, 1.165) is 47.7 Å². The summed E-state index contributed by atoms with van der Waals surface area (Å²) in [5, 5.41) is 0.528. The molecule has 1 fully saturated rings. The number of ether oxygens (including phenoxy) is 2. The third-order valence-electron chi connectivity index (χ3n) is 6.28. The summed E-state index contributed by atoms with van der Waals surface area (Å²) < 4.78 is 16.9. The van der Waals surface area contributed by atoms with E-state index in [4.69, 9.17) is 35.5 Å². The monoisotopic (exact) mass is 450 g/mol. The minimum Gasteiger partial charge on any atom is -0.454 e. The van der Waals surface area contributed by atoms with Gasteiger partial charge in [0.25, 0.3) is 0 Å². The van der Waals surface area contributed by atoms with Crippen LogP contribution in [0.4, 0.5) is 0 Å². The number of hydrogen-bond donors (Lipinski definition) is 1. The van der Waals surface area contributed by atoms with Crippen molar-refractivity contribution in [2.24, 2.45) is 0 Å². The van der Waals surface area contributed by atoms with Gasteiger partial charge in [0, 0.05) is 12.6 Å². The minimum absolute atomic E-state index is 0.198. The molecule has 4 heterocycles. The Labute approximate surface area is 190 Å². The molecule has 0 saturated carbocycles. The van der Waals surface area contributed by atoms with E-state index < -0.39 is 0 Å². The molecule has 2 aliphatic rings. The van der Waals surface area contributed by atoms with Gasteiger partial charge < -0.3 is 18.9 Å². The molecular formula is C24H23ClN4O3. The molecule has 1 atom stereocenters. The highest BCUT2D eigenvalue weighted by atomic mass is 35.5. The van der Waals surface area contributed by atoms with Crippen molar-refractivity contribution in [3.05, 3.63) is 58.7 Å². The fourth-order valence-corrected chi connectivity index (χ4v) is 4.82. The molecule has 164 valence electrons. The fraction of sp³-hybridized carbons (Fsp3) is 0.333. The third kappa shape index (κ3) is 3.42. The number of oxazole rings is 1. The van der Waals surface area contributed by atoms with Gasteiger partial charge >= 0.3 is 0 Å². The number of imidazole rings is 1. The van der Waals surface area contributed by atoms with Crippen molar-refractivity contribution in [2.75, 3.05) is 13.3 Å². The van der Waals surface area contributed by atoms with Gasteiger partial charge in [0.05, 0.1) is 33.4 Å². The van der Waals surface area contributed by atoms with Crippen LogP contribution in [0, 0.1) is 6.92 Å². The summed E-state index contributed by atoms with van der Waals surface area (Å²) in [4.78, 5) is 15.6. The predicted octanol–water partition coefficient (Wildman–Crippen LogP) is 5.64. The Morgan fingerprint density at radius 3 is 2.84 bits per heavy atom. The lowest BCUT2D eigenvalue weighted by atomic mass is 10.0. The molecule has 1 saturated heterocycles. The van der Waals surface area contributed by atoms with E-state index in [1.165, 1.54) is 6.42 Å². The van der Waals surface area contributed by atoms with Crippen molar-refractivity contribution >= 4 is 22.6 Å². The van der Waals surface area contributed by atoms with Gasteiger partial charge in [0.2, 0.25) is 12.7 Å². The molecule has 2 aromatic heterocycles. The maximum Gasteiger partial charge on any atom is 0.231 e. The molecule has 8 heteroatoms. The van der Waals surface area contributed by atoms with Gasteiger partial charge in [-0.1, -0.05) is 30.2 Å². The first-order valence-electron chi connectivity index (χ1n) is 10.9. The molecule has 7 nitrogen and oxygen atoms in total. The van der Waals surface area contributed by atoms with Gasteiger partial charge in [-0.2, -0.15) is 0 Å². The van der Waals surface area contributed by atoms with Gasteiger partial charge in [-0.15, -0.1) is 0 Å². The average Bonchev–Trinajstić information content (AvgIpc) is 3.52. The van der Waals surface area contributed by atoms with E-state index in [-0.39, 0.29) is 12.8 Å². The first-order chi connectivity index (χ1) is 15.7. The molecule has 0 radical (unpaired) electrons. The summed E-state index contributed by atoms with van der Waals surface area (Å²) in [5.41, 5.74) is 3.70. The van der Waals surface area contributed by atoms with E-state index >= 15 is 0 Å². The average molecular weight is 451 g/mol. The fourth-order valence-electron chi connectivity index (χ4n) is 4.58. The van der Waals surface area contributed by atoms with Crippen LogP contribution < -0.4 is 9.47 Å². The SMILES string of the molecule is Cc1oc(-c2cc3c(cc2Cl)OCO3)nc1CN1CCCC[C@@H]1c1nc2ccccc2[nH]1. The first kappa shape index (κ1) is 19.6. The quantitative estimate of drug-likeness (QED) is 0.434. The van der Waals surface area contributed by atoms with Crippen LogP contribution in [0.25, 0.3) is 22.5 Å². The summed E-state index contributed by atoms with van der Waals surface area (Å²) in [6.07, 6.45) is 3.42. The molecule has 32 heavy (non-hydrogen) atoms. The van der Waals surface area contributed by atoms with E-state index in [1.807, 2.05) is 31.2 Å². The normalized spacial score (nSPS) is 18.5. The Bertz CT molecular complexity index is 1260. The highest BCUT2D eigenvalue weighted by Gasteiger charge is 2.29. The number of aryl methyl sites for hydroxylation is 1. The summed E-state index contributed by atoms with van der Waals surface area (Å²) >= 11 is 6.48. The highest BCUT2D eigenvalue weighted by Crippen LogP contribution is 2.41. The minimum atomic E-state index is 0.198. The van der Waals surface area contributed by atoms with Gasteiger partial charge in [-0.3, -0.25) is 4.90 Å². The highest BCUT2D eigenvalue weighted by molar-refractivity contribution is 6.33. The number of hydrogen-bond acceptors (Lipinski definition) is 6. The van der Waals surface area contributed by atoms with Crippen LogP contribution in [0.2, 0.25) is 5.02 Å². The van der Waals surface area contributed by atoms with Gasteiger partial charge in [0.1, 0.15) is 11.6 Å². The molecule has 0 unspecified atom stereocenters. The van der Waals surface area contributed by atoms with Crippen LogP contribution in [0.15, 0.2) is 40.8 Å². The number of halogens is 1. The summed E-state index contributed by atoms with van der Waals surface area (Å²) in [7, 11) is 0. The molecule has 0 amide bonds. The number of aromatic nitrogens is 3. The number of piperidine rings is 1. The summed E-state index contributed by atoms with van der Waals surface area (Å²) in [5.74, 6) is 3.61.